The third kappa shape index (κ3) is 6.27. The molecule has 4 aromatic rings. The molecule has 3 aromatic carbocycles. The second-order valence-corrected chi connectivity index (χ2v) is 8.85. The Morgan fingerprint density at radius 1 is 0.947 bits per heavy atom. The van der Waals surface area contributed by atoms with Gasteiger partial charge < -0.3 is 25.3 Å². The first-order valence-corrected chi connectivity index (χ1v) is 12.2. The maximum absolute atomic E-state index is 13.6. The first kappa shape index (κ1) is 25.6. The average Bonchev–Trinajstić information content (AvgIpc) is 2.91. The molecule has 5 rings (SSSR count). The highest BCUT2D eigenvalue weighted by atomic mass is 19.4. The van der Waals surface area contributed by atoms with Crippen LogP contribution < -0.4 is 20.5 Å². The van der Waals surface area contributed by atoms with E-state index in [-0.39, 0.29) is 18.0 Å². The lowest BCUT2D eigenvalue weighted by Gasteiger charge is -2.26. The van der Waals surface area contributed by atoms with E-state index in [9.17, 15) is 13.2 Å². The number of morpholine rings is 1. The number of nitrogens with one attached hydrogen (secondary N) is 1. The maximum Gasteiger partial charge on any atom is 0.416 e. The summed E-state index contributed by atoms with van der Waals surface area (Å²) in [5.74, 6) is 1.51. The zero-order chi connectivity index (χ0) is 26.5. The van der Waals surface area contributed by atoms with E-state index < -0.39 is 11.7 Å². The molecule has 0 spiro atoms. The van der Waals surface area contributed by atoms with Crippen LogP contribution in [0.5, 0.6) is 17.2 Å². The predicted octanol–water partition coefficient (Wildman–Crippen LogP) is 6.08. The summed E-state index contributed by atoms with van der Waals surface area (Å²) >= 11 is 0. The smallest absolute Gasteiger partial charge is 0.416 e. The van der Waals surface area contributed by atoms with Crippen molar-refractivity contribution < 1.29 is 27.4 Å². The van der Waals surface area contributed by atoms with Crippen molar-refractivity contribution in [2.24, 2.45) is 0 Å². The van der Waals surface area contributed by atoms with Crippen molar-refractivity contribution in [2.75, 3.05) is 50.5 Å². The van der Waals surface area contributed by atoms with Crippen molar-refractivity contribution in [1.82, 2.24) is 9.88 Å². The van der Waals surface area contributed by atoms with Crippen LogP contribution in [0.4, 0.5) is 30.4 Å². The van der Waals surface area contributed by atoms with E-state index >= 15 is 0 Å². The van der Waals surface area contributed by atoms with Crippen molar-refractivity contribution in [2.45, 2.75) is 6.18 Å². The maximum atomic E-state index is 13.6. The summed E-state index contributed by atoms with van der Waals surface area (Å²) in [7, 11) is 0. The van der Waals surface area contributed by atoms with Crippen LogP contribution >= 0.6 is 0 Å². The molecule has 0 radical (unpaired) electrons. The standard InChI is InChI=1S/C28H27F3N4O3/c29-28(30,31)19-15-20(17-22(16-19)37-14-11-35-9-12-36-13-10-35)34-27-18-21(7-8-33-27)38-26-6-5-25(32)23-3-1-2-4-24(23)26/h1-8,15-18H,9-14,32H2,(H,33,34). The third-order valence-corrected chi connectivity index (χ3v) is 6.16. The van der Waals surface area contributed by atoms with Gasteiger partial charge in [-0.05, 0) is 30.3 Å². The second-order valence-electron chi connectivity index (χ2n) is 8.85. The molecule has 2 heterocycles. The fourth-order valence-electron chi connectivity index (χ4n) is 4.24. The molecule has 3 N–H and O–H groups in total. The molecule has 0 unspecified atom stereocenters. The molecule has 10 heteroatoms. The number of rotatable bonds is 8. The van der Waals surface area contributed by atoms with Gasteiger partial charge in [-0.3, -0.25) is 4.90 Å². The summed E-state index contributed by atoms with van der Waals surface area (Å²) in [4.78, 5) is 6.39. The number of halogens is 3. The van der Waals surface area contributed by atoms with Crippen molar-refractivity contribution in [3.63, 3.8) is 0 Å². The van der Waals surface area contributed by atoms with Crippen LogP contribution in [0.25, 0.3) is 10.8 Å². The van der Waals surface area contributed by atoms with Crippen LogP contribution in [0.3, 0.4) is 0 Å². The van der Waals surface area contributed by atoms with Crippen LogP contribution in [-0.2, 0) is 10.9 Å². The van der Waals surface area contributed by atoms with E-state index in [0.717, 1.165) is 36.0 Å². The summed E-state index contributed by atoms with van der Waals surface area (Å²) in [6.07, 6.45) is -3.01. The topological polar surface area (TPSA) is 81.9 Å². The van der Waals surface area contributed by atoms with Crippen LogP contribution in [-0.4, -0.2) is 49.3 Å². The highest BCUT2D eigenvalue weighted by Gasteiger charge is 2.31. The molecule has 1 fully saturated rings. The minimum Gasteiger partial charge on any atom is -0.492 e. The molecule has 0 saturated carbocycles. The quantitative estimate of drug-likeness (QED) is 0.270. The van der Waals surface area contributed by atoms with E-state index in [4.69, 9.17) is 19.9 Å². The number of ether oxygens (including phenoxy) is 3. The van der Waals surface area contributed by atoms with Gasteiger partial charge in [0.2, 0.25) is 0 Å². The number of hydrogen-bond donors (Lipinski definition) is 2. The second kappa shape index (κ2) is 11.2. The fourth-order valence-corrected chi connectivity index (χ4v) is 4.24. The number of benzene rings is 3. The van der Waals surface area contributed by atoms with Crippen molar-refractivity contribution >= 4 is 28.0 Å². The van der Waals surface area contributed by atoms with Gasteiger partial charge in [0.1, 0.15) is 29.7 Å². The van der Waals surface area contributed by atoms with Crippen molar-refractivity contribution in [3.05, 3.63) is 78.5 Å². The van der Waals surface area contributed by atoms with Gasteiger partial charge in [-0.2, -0.15) is 13.2 Å². The Balaban J connectivity index is 1.33. The Morgan fingerprint density at radius 3 is 2.53 bits per heavy atom. The first-order valence-electron chi connectivity index (χ1n) is 12.2. The molecule has 0 amide bonds. The zero-order valence-corrected chi connectivity index (χ0v) is 20.5. The average molecular weight is 525 g/mol. The van der Waals surface area contributed by atoms with Gasteiger partial charge in [-0.25, -0.2) is 4.98 Å². The normalized spacial score (nSPS) is 14.4. The van der Waals surface area contributed by atoms with Crippen molar-refractivity contribution in [3.8, 4) is 17.2 Å². The molecule has 1 aliphatic rings. The molecule has 1 aliphatic heterocycles. The van der Waals surface area contributed by atoms with Crippen molar-refractivity contribution in [1.29, 1.82) is 0 Å². The first-order chi connectivity index (χ1) is 18.3. The highest BCUT2D eigenvalue weighted by molar-refractivity contribution is 5.97. The molecule has 1 saturated heterocycles. The Hall–Kier alpha value is -4.02. The Kier molecular flexibility index (Phi) is 7.52. The number of fused-ring (bicyclic) bond motifs is 1. The van der Waals surface area contributed by atoms with Gasteiger partial charge in [0.05, 0.1) is 18.8 Å². The summed E-state index contributed by atoms with van der Waals surface area (Å²) in [5.41, 5.74) is 6.10. The van der Waals surface area contributed by atoms with Gasteiger partial charge in [0.25, 0.3) is 0 Å². The summed E-state index contributed by atoms with van der Waals surface area (Å²) in [5, 5.41) is 4.66. The SMILES string of the molecule is Nc1ccc(Oc2ccnc(Nc3cc(OCCN4CCOCC4)cc(C(F)(F)F)c3)c2)c2ccccc12. The number of pyridine rings is 1. The largest absolute Gasteiger partial charge is 0.492 e. The fraction of sp³-hybridized carbons (Fsp3) is 0.250. The van der Waals surface area contributed by atoms with Crippen LogP contribution in [0.15, 0.2) is 72.9 Å². The van der Waals surface area contributed by atoms with E-state index in [2.05, 4.69) is 15.2 Å². The molecule has 1 aromatic heterocycles. The van der Waals surface area contributed by atoms with Gasteiger partial charge >= 0.3 is 6.18 Å². The summed E-state index contributed by atoms with van der Waals surface area (Å²) in [6.45, 7) is 3.69. The molecule has 0 atom stereocenters. The molecule has 198 valence electrons. The lowest BCUT2D eigenvalue weighted by molar-refractivity contribution is -0.137. The van der Waals surface area contributed by atoms with Gasteiger partial charge in [-0.15, -0.1) is 0 Å². The molecular formula is C28H27F3N4O3. The Bertz CT molecular complexity index is 1410. The van der Waals surface area contributed by atoms with Crippen LogP contribution in [0.1, 0.15) is 5.56 Å². The van der Waals surface area contributed by atoms with Crippen LogP contribution in [0, 0.1) is 0 Å². The number of hydrogen-bond acceptors (Lipinski definition) is 7. The highest BCUT2D eigenvalue weighted by Crippen LogP contribution is 2.36. The Morgan fingerprint density at radius 2 is 1.74 bits per heavy atom. The van der Waals surface area contributed by atoms with Gasteiger partial charge in [0.15, 0.2) is 0 Å². The molecule has 0 aliphatic carbocycles. The van der Waals surface area contributed by atoms with E-state index in [0.29, 0.717) is 42.8 Å². The minimum atomic E-state index is -4.53. The Labute approximate surface area is 217 Å². The number of nitrogens with zero attached hydrogens (tertiary/aromatic N) is 2. The summed E-state index contributed by atoms with van der Waals surface area (Å²) in [6, 6.07) is 18.0. The van der Waals surface area contributed by atoms with Gasteiger partial charge in [0, 0.05) is 60.1 Å². The van der Waals surface area contributed by atoms with E-state index in [1.807, 2.05) is 24.3 Å². The zero-order valence-electron chi connectivity index (χ0n) is 20.5. The molecule has 7 nitrogen and oxygen atoms in total. The lowest BCUT2D eigenvalue weighted by Crippen LogP contribution is -2.38. The predicted molar refractivity (Wildman–Crippen MR) is 140 cm³/mol. The summed E-state index contributed by atoms with van der Waals surface area (Å²) < 4.78 is 57.9. The number of aromatic nitrogens is 1. The molecular weight excluding hydrogens is 497 g/mol. The number of nitrogens with two attached hydrogens (primary N) is 1. The number of nitrogen functional groups attached to an aromatic ring is 1. The minimum absolute atomic E-state index is 0.122. The lowest BCUT2D eigenvalue weighted by atomic mass is 10.1. The van der Waals surface area contributed by atoms with Crippen LogP contribution in [0.2, 0.25) is 0 Å². The van der Waals surface area contributed by atoms with E-state index in [1.54, 1.807) is 24.3 Å². The molecule has 38 heavy (non-hydrogen) atoms. The molecule has 0 bridgehead atoms. The third-order valence-electron chi connectivity index (χ3n) is 6.16. The van der Waals surface area contributed by atoms with Gasteiger partial charge in [-0.1, -0.05) is 24.3 Å². The number of alkyl halides is 3. The monoisotopic (exact) mass is 524 g/mol. The number of anilines is 3. The van der Waals surface area contributed by atoms with E-state index in [1.165, 1.54) is 12.3 Å².